The van der Waals surface area contributed by atoms with Crippen LogP contribution in [0.15, 0.2) is 29.8 Å². The number of halogens is 2. The van der Waals surface area contributed by atoms with Crippen LogP contribution in [0.25, 0.3) is 0 Å². The van der Waals surface area contributed by atoms with E-state index >= 15 is 0 Å². The molecule has 2 saturated heterocycles. The number of benzene rings is 1. The van der Waals surface area contributed by atoms with Crippen LogP contribution in [-0.4, -0.2) is 53.8 Å². The summed E-state index contributed by atoms with van der Waals surface area (Å²) >= 11 is 1.62. The van der Waals surface area contributed by atoms with Gasteiger partial charge in [-0.25, -0.2) is 13.8 Å². The summed E-state index contributed by atoms with van der Waals surface area (Å²) in [7, 11) is 0. The number of aromatic nitrogens is 1. The predicted octanol–water partition coefficient (Wildman–Crippen LogP) is 2.10. The predicted molar refractivity (Wildman–Crippen MR) is 98.6 cm³/mol. The molecule has 9 heteroatoms. The first-order chi connectivity index (χ1) is 13.5. The standard InChI is InChI=1S/C19H21F2N3O3S/c20-14-5-13(6-15(21)7-14)9-23-18(25)16-8-19(12-26-16)11-24(2-3-27-19)10-17-22-1-4-28-17/h1,4-7,16H,2-3,8-12H2,(H,23,25)/t16-,19-/m0/s1. The third-order valence-corrected chi connectivity index (χ3v) is 5.72. The summed E-state index contributed by atoms with van der Waals surface area (Å²) in [5, 5.41) is 5.69. The van der Waals surface area contributed by atoms with Crippen molar-refractivity contribution < 1.29 is 23.0 Å². The van der Waals surface area contributed by atoms with Gasteiger partial charge in [0, 0.05) is 43.7 Å². The molecule has 0 saturated carbocycles. The van der Waals surface area contributed by atoms with E-state index in [0.717, 1.165) is 24.2 Å². The molecule has 1 N–H and O–H groups in total. The Morgan fingerprint density at radius 2 is 2.18 bits per heavy atom. The maximum absolute atomic E-state index is 13.3. The van der Waals surface area contributed by atoms with Crippen molar-refractivity contribution in [3.8, 4) is 0 Å². The number of nitrogens with zero attached hydrogens (tertiary/aromatic N) is 2. The van der Waals surface area contributed by atoms with E-state index < -0.39 is 23.3 Å². The van der Waals surface area contributed by atoms with Crippen LogP contribution in [0.2, 0.25) is 0 Å². The smallest absolute Gasteiger partial charge is 0.249 e. The van der Waals surface area contributed by atoms with Gasteiger partial charge in [-0.1, -0.05) is 0 Å². The molecular formula is C19H21F2N3O3S. The Hall–Kier alpha value is -1.94. The fraction of sp³-hybridized carbons (Fsp3) is 0.474. The number of carbonyl (C=O) groups excluding carboxylic acids is 1. The summed E-state index contributed by atoms with van der Waals surface area (Å²) in [5.74, 6) is -1.64. The lowest BCUT2D eigenvalue weighted by molar-refractivity contribution is -0.130. The number of nitrogens with one attached hydrogen (secondary N) is 1. The van der Waals surface area contributed by atoms with Gasteiger partial charge in [-0.05, 0) is 17.7 Å². The van der Waals surface area contributed by atoms with Gasteiger partial charge in [0.2, 0.25) is 5.91 Å². The van der Waals surface area contributed by atoms with E-state index in [1.807, 2.05) is 5.38 Å². The van der Waals surface area contributed by atoms with E-state index in [2.05, 4.69) is 15.2 Å². The largest absolute Gasteiger partial charge is 0.370 e. The van der Waals surface area contributed by atoms with Crippen molar-refractivity contribution >= 4 is 17.2 Å². The van der Waals surface area contributed by atoms with E-state index in [-0.39, 0.29) is 12.5 Å². The molecule has 2 fully saturated rings. The van der Waals surface area contributed by atoms with Crippen molar-refractivity contribution in [1.29, 1.82) is 0 Å². The van der Waals surface area contributed by atoms with E-state index in [1.165, 1.54) is 12.1 Å². The molecular weight excluding hydrogens is 388 g/mol. The molecule has 1 amide bonds. The van der Waals surface area contributed by atoms with Crippen LogP contribution in [0, 0.1) is 11.6 Å². The van der Waals surface area contributed by atoms with Gasteiger partial charge in [0.15, 0.2) is 0 Å². The number of amides is 1. The number of rotatable bonds is 5. The molecule has 0 aliphatic carbocycles. The van der Waals surface area contributed by atoms with Crippen LogP contribution in [0.3, 0.4) is 0 Å². The van der Waals surface area contributed by atoms with E-state index in [0.29, 0.717) is 31.7 Å². The second-order valence-corrected chi connectivity index (χ2v) is 8.15. The van der Waals surface area contributed by atoms with Crippen LogP contribution in [0.4, 0.5) is 8.78 Å². The Kier molecular flexibility index (Phi) is 5.68. The summed E-state index contributed by atoms with van der Waals surface area (Å²) in [4.78, 5) is 19.0. The minimum Gasteiger partial charge on any atom is -0.370 e. The lowest BCUT2D eigenvalue weighted by Gasteiger charge is -2.39. The molecule has 0 bridgehead atoms. The zero-order valence-electron chi connectivity index (χ0n) is 15.2. The second-order valence-electron chi connectivity index (χ2n) is 7.17. The van der Waals surface area contributed by atoms with Crippen LogP contribution >= 0.6 is 11.3 Å². The first kappa shape index (κ1) is 19.4. The molecule has 0 radical (unpaired) electrons. The van der Waals surface area contributed by atoms with Gasteiger partial charge in [0.25, 0.3) is 0 Å². The molecule has 2 aliphatic rings. The first-order valence-electron chi connectivity index (χ1n) is 9.10. The number of carbonyl (C=O) groups is 1. The maximum atomic E-state index is 13.3. The number of thiazole rings is 1. The fourth-order valence-electron chi connectivity index (χ4n) is 3.68. The molecule has 1 aromatic heterocycles. The highest BCUT2D eigenvalue weighted by Crippen LogP contribution is 2.32. The maximum Gasteiger partial charge on any atom is 0.249 e. The zero-order chi connectivity index (χ0) is 19.6. The quantitative estimate of drug-likeness (QED) is 0.820. The summed E-state index contributed by atoms with van der Waals surface area (Å²) in [6.45, 7) is 3.19. The molecule has 1 aromatic carbocycles. The summed E-state index contributed by atoms with van der Waals surface area (Å²) in [6, 6.07) is 3.19. The van der Waals surface area contributed by atoms with Crippen LogP contribution in [-0.2, 0) is 27.4 Å². The summed E-state index contributed by atoms with van der Waals surface area (Å²) < 4.78 is 38.2. The summed E-state index contributed by atoms with van der Waals surface area (Å²) in [5.41, 5.74) is -0.148. The van der Waals surface area contributed by atoms with Crippen molar-refractivity contribution in [2.75, 3.05) is 26.3 Å². The van der Waals surface area contributed by atoms with Gasteiger partial charge < -0.3 is 14.8 Å². The van der Waals surface area contributed by atoms with Crippen LogP contribution < -0.4 is 5.32 Å². The third-order valence-electron chi connectivity index (χ3n) is 4.96. The highest BCUT2D eigenvalue weighted by Gasteiger charge is 2.46. The molecule has 2 atom stereocenters. The minimum absolute atomic E-state index is 0.0391. The molecule has 28 heavy (non-hydrogen) atoms. The van der Waals surface area contributed by atoms with Crippen molar-refractivity contribution in [1.82, 2.24) is 15.2 Å². The van der Waals surface area contributed by atoms with Crippen LogP contribution in [0.5, 0.6) is 0 Å². The highest BCUT2D eigenvalue weighted by atomic mass is 32.1. The van der Waals surface area contributed by atoms with E-state index in [1.54, 1.807) is 17.5 Å². The van der Waals surface area contributed by atoms with Gasteiger partial charge in [0.05, 0.1) is 19.8 Å². The monoisotopic (exact) mass is 409 g/mol. The third kappa shape index (κ3) is 4.54. The molecule has 2 aromatic rings. The average molecular weight is 409 g/mol. The molecule has 3 heterocycles. The van der Waals surface area contributed by atoms with Crippen molar-refractivity contribution in [3.05, 3.63) is 52.0 Å². The molecule has 1 spiro atoms. The Labute approximate surface area is 165 Å². The van der Waals surface area contributed by atoms with Gasteiger partial charge >= 0.3 is 0 Å². The number of hydrogen-bond donors (Lipinski definition) is 1. The second kappa shape index (κ2) is 8.20. The topological polar surface area (TPSA) is 63.7 Å². The van der Waals surface area contributed by atoms with Crippen molar-refractivity contribution in [3.63, 3.8) is 0 Å². The first-order valence-corrected chi connectivity index (χ1v) is 9.98. The van der Waals surface area contributed by atoms with E-state index in [4.69, 9.17) is 9.47 Å². The molecule has 150 valence electrons. The normalized spacial score (nSPS) is 25.3. The Morgan fingerprint density at radius 3 is 2.93 bits per heavy atom. The Balaban J connectivity index is 1.31. The Morgan fingerprint density at radius 1 is 1.36 bits per heavy atom. The zero-order valence-corrected chi connectivity index (χ0v) is 16.0. The van der Waals surface area contributed by atoms with Gasteiger partial charge in [0.1, 0.15) is 28.3 Å². The van der Waals surface area contributed by atoms with Crippen molar-refractivity contribution in [2.45, 2.75) is 31.2 Å². The van der Waals surface area contributed by atoms with Gasteiger partial charge in [-0.3, -0.25) is 9.69 Å². The Bertz CT molecular complexity index is 816. The lowest BCUT2D eigenvalue weighted by Crippen LogP contribution is -2.52. The summed E-state index contributed by atoms with van der Waals surface area (Å²) in [6.07, 6.45) is 1.60. The molecule has 4 rings (SSSR count). The molecule has 0 unspecified atom stereocenters. The van der Waals surface area contributed by atoms with E-state index in [9.17, 15) is 13.6 Å². The van der Waals surface area contributed by atoms with Gasteiger partial charge in [-0.2, -0.15) is 0 Å². The molecule has 2 aliphatic heterocycles. The lowest BCUT2D eigenvalue weighted by atomic mass is 9.97. The minimum atomic E-state index is -0.670. The van der Waals surface area contributed by atoms with Gasteiger partial charge in [-0.15, -0.1) is 11.3 Å². The molecule has 6 nitrogen and oxygen atoms in total. The number of hydrogen-bond acceptors (Lipinski definition) is 6. The highest BCUT2D eigenvalue weighted by molar-refractivity contribution is 7.09. The fourth-order valence-corrected chi connectivity index (χ4v) is 4.34. The van der Waals surface area contributed by atoms with Crippen LogP contribution in [0.1, 0.15) is 17.0 Å². The number of ether oxygens (including phenoxy) is 2. The number of morpholine rings is 1. The SMILES string of the molecule is O=C(NCc1cc(F)cc(F)c1)[C@@H]1C[C@@]2(CO1)CN(Cc1nccs1)CCO2. The average Bonchev–Trinajstić information content (AvgIpc) is 3.29. The van der Waals surface area contributed by atoms with Crippen molar-refractivity contribution in [2.24, 2.45) is 0 Å².